The second kappa shape index (κ2) is 6.33. The summed E-state index contributed by atoms with van der Waals surface area (Å²) in [5.74, 6) is 4.63. The van der Waals surface area contributed by atoms with Gasteiger partial charge in [0.25, 0.3) is 5.91 Å². The van der Waals surface area contributed by atoms with Crippen molar-refractivity contribution in [2.45, 2.75) is 6.92 Å². The van der Waals surface area contributed by atoms with Gasteiger partial charge in [0.1, 0.15) is 12.4 Å². The zero-order valence-corrected chi connectivity index (χ0v) is 11.6. The fourth-order valence-electron chi connectivity index (χ4n) is 1.60. The lowest BCUT2D eigenvalue weighted by Crippen LogP contribution is -2.10. The molecular weight excluding hydrogens is 277 g/mol. The van der Waals surface area contributed by atoms with Gasteiger partial charge in [0.05, 0.1) is 9.75 Å². The Balaban J connectivity index is 2.17. The van der Waals surface area contributed by atoms with Gasteiger partial charge in [-0.3, -0.25) is 4.79 Å². The maximum atomic E-state index is 13.0. The molecule has 0 aliphatic heterocycles. The molecule has 1 amide bonds. The second-order valence-electron chi connectivity index (χ2n) is 4.05. The first-order valence-corrected chi connectivity index (χ1v) is 6.69. The SMILES string of the molecule is Cc1cc(C(=O)Nc2cccc(F)c2)sc1C#CCO. The first-order chi connectivity index (χ1) is 9.60. The molecule has 102 valence electrons. The molecule has 0 spiro atoms. The predicted molar refractivity (Wildman–Crippen MR) is 77.4 cm³/mol. The number of aryl methyl sites for hydroxylation is 1. The van der Waals surface area contributed by atoms with Crippen LogP contribution in [0.25, 0.3) is 0 Å². The Hall–Kier alpha value is -2.16. The van der Waals surface area contributed by atoms with E-state index < -0.39 is 5.82 Å². The van der Waals surface area contributed by atoms with Crippen LogP contribution in [-0.2, 0) is 0 Å². The normalized spacial score (nSPS) is 9.75. The Kier molecular flexibility index (Phi) is 4.51. The molecule has 1 heterocycles. The first kappa shape index (κ1) is 14.3. The summed E-state index contributed by atoms with van der Waals surface area (Å²) in [6, 6.07) is 7.44. The molecule has 2 rings (SSSR count). The van der Waals surface area contributed by atoms with Gasteiger partial charge in [-0.1, -0.05) is 17.9 Å². The van der Waals surface area contributed by atoms with Gasteiger partial charge in [0.15, 0.2) is 0 Å². The van der Waals surface area contributed by atoms with Crippen molar-refractivity contribution in [2.24, 2.45) is 0 Å². The highest BCUT2D eigenvalue weighted by atomic mass is 32.1. The van der Waals surface area contributed by atoms with Gasteiger partial charge in [-0.25, -0.2) is 4.39 Å². The smallest absolute Gasteiger partial charge is 0.265 e. The van der Waals surface area contributed by atoms with Crippen molar-refractivity contribution >= 4 is 22.9 Å². The molecule has 0 saturated carbocycles. The largest absolute Gasteiger partial charge is 0.384 e. The van der Waals surface area contributed by atoms with E-state index in [0.29, 0.717) is 10.6 Å². The Morgan fingerprint density at radius 2 is 2.25 bits per heavy atom. The number of thiophene rings is 1. The molecule has 1 aromatic heterocycles. The molecule has 0 fully saturated rings. The van der Waals surface area contributed by atoms with Crippen molar-refractivity contribution < 1.29 is 14.3 Å². The summed E-state index contributed by atoms with van der Waals surface area (Å²) >= 11 is 1.24. The summed E-state index contributed by atoms with van der Waals surface area (Å²) in [4.78, 5) is 13.3. The number of anilines is 1. The third kappa shape index (κ3) is 3.44. The zero-order chi connectivity index (χ0) is 14.5. The number of carbonyl (C=O) groups is 1. The Morgan fingerprint density at radius 1 is 1.45 bits per heavy atom. The molecule has 0 atom stereocenters. The average molecular weight is 289 g/mol. The number of nitrogens with one attached hydrogen (secondary N) is 1. The average Bonchev–Trinajstić information content (AvgIpc) is 2.78. The van der Waals surface area contributed by atoms with Gasteiger partial charge in [-0.2, -0.15) is 0 Å². The Morgan fingerprint density at radius 3 is 2.95 bits per heavy atom. The standard InChI is InChI=1S/C15H12FNO2S/c1-10-8-14(20-13(10)6-3-7-18)15(19)17-12-5-2-4-11(16)9-12/h2,4-5,8-9,18H,7H2,1H3,(H,17,19). The minimum atomic E-state index is -0.403. The van der Waals surface area contributed by atoms with Crippen LogP contribution < -0.4 is 5.32 Å². The molecular formula is C15H12FNO2S. The van der Waals surface area contributed by atoms with Crippen LogP contribution in [0.15, 0.2) is 30.3 Å². The minimum absolute atomic E-state index is 0.220. The van der Waals surface area contributed by atoms with Crippen molar-refractivity contribution in [3.05, 3.63) is 51.5 Å². The maximum Gasteiger partial charge on any atom is 0.265 e. The van der Waals surface area contributed by atoms with Gasteiger partial charge in [-0.15, -0.1) is 11.3 Å². The lowest BCUT2D eigenvalue weighted by atomic mass is 10.2. The molecule has 20 heavy (non-hydrogen) atoms. The van der Waals surface area contributed by atoms with Crippen LogP contribution in [0.2, 0.25) is 0 Å². The van der Waals surface area contributed by atoms with E-state index in [1.807, 2.05) is 6.92 Å². The summed E-state index contributed by atoms with van der Waals surface area (Å²) in [5.41, 5.74) is 1.28. The monoisotopic (exact) mass is 289 g/mol. The van der Waals surface area contributed by atoms with E-state index >= 15 is 0 Å². The minimum Gasteiger partial charge on any atom is -0.384 e. The predicted octanol–water partition coefficient (Wildman–Crippen LogP) is 2.79. The van der Waals surface area contributed by atoms with Crippen molar-refractivity contribution in [3.63, 3.8) is 0 Å². The molecule has 0 saturated heterocycles. The lowest BCUT2D eigenvalue weighted by molar-refractivity contribution is 0.103. The second-order valence-corrected chi connectivity index (χ2v) is 5.10. The van der Waals surface area contributed by atoms with E-state index in [4.69, 9.17) is 5.11 Å². The van der Waals surface area contributed by atoms with Crippen molar-refractivity contribution in [2.75, 3.05) is 11.9 Å². The first-order valence-electron chi connectivity index (χ1n) is 5.87. The molecule has 2 N–H and O–H groups in total. The topological polar surface area (TPSA) is 49.3 Å². The summed E-state index contributed by atoms with van der Waals surface area (Å²) < 4.78 is 13.0. The van der Waals surface area contributed by atoms with Gasteiger partial charge in [-0.05, 0) is 36.8 Å². The molecule has 1 aromatic carbocycles. The van der Waals surface area contributed by atoms with Crippen molar-refractivity contribution in [1.29, 1.82) is 0 Å². The van der Waals surface area contributed by atoms with Gasteiger partial charge in [0, 0.05) is 5.69 Å². The number of aliphatic hydroxyl groups excluding tert-OH is 1. The van der Waals surface area contributed by atoms with E-state index in [-0.39, 0.29) is 12.5 Å². The molecule has 0 aliphatic carbocycles. The van der Waals surface area contributed by atoms with Gasteiger partial charge >= 0.3 is 0 Å². The zero-order valence-electron chi connectivity index (χ0n) is 10.7. The molecule has 5 heteroatoms. The van der Waals surface area contributed by atoms with Crippen molar-refractivity contribution in [3.8, 4) is 11.8 Å². The number of rotatable bonds is 2. The number of aliphatic hydroxyl groups is 1. The quantitative estimate of drug-likeness (QED) is 0.835. The summed E-state index contributed by atoms with van der Waals surface area (Å²) in [5, 5.41) is 11.3. The maximum absolute atomic E-state index is 13.0. The van der Waals surface area contributed by atoms with Crippen LogP contribution in [0.3, 0.4) is 0 Å². The van der Waals surface area contributed by atoms with Gasteiger partial charge < -0.3 is 10.4 Å². The highest BCUT2D eigenvalue weighted by Crippen LogP contribution is 2.22. The van der Waals surface area contributed by atoms with Crippen LogP contribution in [-0.4, -0.2) is 17.6 Å². The fourth-order valence-corrected chi connectivity index (χ4v) is 2.54. The van der Waals surface area contributed by atoms with E-state index in [1.54, 1.807) is 12.1 Å². The van der Waals surface area contributed by atoms with E-state index in [9.17, 15) is 9.18 Å². The molecule has 0 unspecified atom stereocenters. The van der Waals surface area contributed by atoms with Crippen LogP contribution in [0.5, 0.6) is 0 Å². The number of hydrogen-bond donors (Lipinski definition) is 2. The lowest BCUT2D eigenvalue weighted by Gasteiger charge is -2.02. The van der Waals surface area contributed by atoms with E-state index in [2.05, 4.69) is 17.2 Å². The summed E-state index contributed by atoms with van der Waals surface area (Å²) in [6.45, 7) is 1.62. The number of benzene rings is 1. The van der Waals surface area contributed by atoms with Crippen LogP contribution >= 0.6 is 11.3 Å². The van der Waals surface area contributed by atoms with Crippen LogP contribution in [0, 0.1) is 24.6 Å². The molecule has 2 aromatic rings. The number of halogens is 1. The van der Waals surface area contributed by atoms with Crippen LogP contribution in [0.1, 0.15) is 20.1 Å². The number of hydrogen-bond acceptors (Lipinski definition) is 3. The van der Waals surface area contributed by atoms with E-state index in [0.717, 1.165) is 10.4 Å². The molecule has 3 nitrogen and oxygen atoms in total. The van der Waals surface area contributed by atoms with Crippen molar-refractivity contribution in [1.82, 2.24) is 0 Å². The highest BCUT2D eigenvalue weighted by Gasteiger charge is 2.12. The molecule has 0 bridgehead atoms. The third-order valence-electron chi connectivity index (χ3n) is 2.51. The fraction of sp³-hybridized carbons (Fsp3) is 0.133. The number of carbonyl (C=O) groups excluding carboxylic acids is 1. The van der Waals surface area contributed by atoms with Gasteiger partial charge in [0.2, 0.25) is 0 Å². The summed E-state index contributed by atoms with van der Waals surface area (Å²) in [6.07, 6.45) is 0. The molecule has 0 aliphatic rings. The molecule has 0 radical (unpaired) electrons. The summed E-state index contributed by atoms with van der Waals surface area (Å²) in [7, 11) is 0. The Bertz CT molecular complexity index is 697. The Labute approximate surface area is 120 Å². The number of amides is 1. The highest BCUT2D eigenvalue weighted by molar-refractivity contribution is 7.14. The van der Waals surface area contributed by atoms with E-state index in [1.165, 1.54) is 29.5 Å². The van der Waals surface area contributed by atoms with Crippen LogP contribution in [0.4, 0.5) is 10.1 Å². The third-order valence-corrected chi connectivity index (χ3v) is 3.66.